The second-order valence-corrected chi connectivity index (χ2v) is 6.42. The highest BCUT2D eigenvalue weighted by Crippen LogP contribution is 2.33. The largest absolute Gasteiger partial charge is 0.312 e. The number of nitrogens with one attached hydrogen (secondary N) is 1. The van der Waals surface area contributed by atoms with Gasteiger partial charge in [0.2, 0.25) is 5.16 Å². The molecule has 21 heavy (non-hydrogen) atoms. The highest BCUT2D eigenvalue weighted by molar-refractivity contribution is 7.99. The number of tetrazole rings is 1. The van der Waals surface area contributed by atoms with Crippen LogP contribution in [0, 0.1) is 0 Å². The van der Waals surface area contributed by atoms with Gasteiger partial charge in [0.15, 0.2) is 0 Å². The van der Waals surface area contributed by atoms with Gasteiger partial charge in [-0.3, -0.25) is 4.98 Å². The lowest BCUT2D eigenvalue weighted by atomic mass is 10.2. The lowest BCUT2D eigenvalue weighted by molar-refractivity contribution is 0.423. The van der Waals surface area contributed by atoms with Crippen molar-refractivity contribution in [1.82, 2.24) is 30.5 Å². The first-order valence-corrected chi connectivity index (χ1v) is 8.18. The Morgan fingerprint density at radius 3 is 2.81 bits per heavy atom. The summed E-state index contributed by atoms with van der Waals surface area (Å²) < 4.78 is 1.97. The Labute approximate surface area is 128 Å². The number of aromatic nitrogens is 5. The van der Waals surface area contributed by atoms with Gasteiger partial charge < -0.3 is 5.32 Å². The maximum atomic E-state index is 4.50. The molecule has 7 heteroatoms. The van der Waals surface area contributed by atoms with Crippen LogP contribution in [-0.4, -0.2) is 32.2 Å². The van der Waals surface area contributed by atoms with Crippen LogP contribution in [0.5, 0.6) is 0 Å². The first kappa shape index (κ1) is 14.5. The molecule has 2 aromatic heterocycles. The summed E-state index contributed by atoms with van der Waals surface area (Å²) in [6.07, 6.45) is 6.78. The highest BCUT2D eigenvalue weighted by Gasteiger charge is 2.21. The standard InChI is InChI=1S/C14H20N6S/c1-10(15-2)13-8-7-12(9-16-13)21-14-17-18-19-20(14)11-5-3-4-6-11/h7-11,15H,3-6H2,1-2H3. The van der Waals surface area contributed by atoms with Crippen LogP contribution >= 0.6 is 11.8 Å². The lowest BCUT2D eigenvalue weighted by Crippen LogP contribution is -2.13. The van der Waals surface area contributed by atoms with Gasteiger partial charge in [0, 0.05) is 17.1 Å². The molecule has 1 N–H and O–H groups in total. The van der Waals surface area contributed by atoms with Gasteiger partial charge in [-0.2, -0.15) is 0 Å². The van der Waals surface area contributed by atoms with Crippen LogP contribution < -0.4 is 5.32 Å². The fraction of sp³-hybridized carbons (Fsp3) is 0.571. The molecule has 6 nitrogen and oxygen atoms in total. The maximum absolute atomic E-state index is 4.50. The van der Waals surface area contributed by atoms with E-state index in [9.17, 15) is 0 Å². The summed E-state index contributed by atoms with van der Waals surface area (Å²) in [5.74, 6) is 0. The van der Waals surface area contributed by atoms with Crippen molar-refractivity contribution >= 4 is 11.8 Å². The molecular formula is C14H20N6S. The zero-order valence-electron chi connectivity index (χ0n) is 12.4. The van der Waals surface area contributed by atoms with Gasteiger partial charge in [-0.1, -0.05) is 12.8 Å². The number of nitrogens with zero attached hydrogens (tertiary/aromatic N) is 5. The Kier molecular flexibility index (Phi) is 4.50. The minimum absolute atomic E-state index is 0.257. The molecule has 0 amide bonds. The molecule has 1 atom stereocenters. The third-order valence-electron chi connectivity index (χ3n) is 3.98. The van der Waals surface area contributed by atoms with Gasteiger partial charge in [0.1, 0.15) is 0 Å². The minimum atomic E-state index is 0.257. The van der Waals surface area contributed by atoms with Crippen LogP contribution in [0.15, 0.2) is 28.4 Å². The summed E-state index contributed by atoms with van der Waals surface area (Å²) in [7, 11) is 1.94. The zero-order valence-corrected chi connectivity index (χ0v) is 13.2. The van der Waals surface area contributed by atoms with Crippen molar-refractivity contribution in [3.63, 3.8) is 0 Å². The normalized spacial score (nSPS) is 17.2. The average Bonchev–Trinajstić information content (AvgIpc) is 3.18. The summed E-state index contributed by atoms with van der Waals surface area (Å²) in [6, 6.07) is 4.84. The molecule has 3 rings (SSSR count). The van der Waals surface area contributed by atoms with Crippen molar-refractivity contribution in [1.29, 1.82) is 0 Å². The van der Waals surface area contributed by atoms with Crippen LogP contribution in [0.4, 0.5) is 0 Å². The van der Waals surface area contributed by atoms with Crippen LogP contribution in [-0.2, 0) is 0 Å². The predicted octanol–water partition coefficient (Wildman–Crippen LogP) is 2.61. The Morgan fingerprint density at radius 1 is 1.33 bits per heavy atom. The molecule has 0 saturated heterocycles. The van der Waals surface area contributed by atoms with Crippen molar-refractivity contribution in [2.45, 2.75) is 54.7 Å². The molecule has 2 heterocycles. The SMILES string of the molecule is CNC(C)c1ccc(Sc2nnnn2C2CCCC2)cn1. The van der Waals surface area contributed by atoms with E-state index in [1.807, 2.05) is 24.0 Å². The topological polar surface area (TPSA) is 68.5 Å². The van der Waals surface area contributed by atoms with Crippen molar-refractivity contribution < 1.29 is 0 Å². The third-order valence-corrected chi connectivity index (χ3v) is 4.91. The average molecular weight is 304 g/mol. The van der Waals surface area contributed by atoms with Crippen LogP contribution in [0.1, 0.15) is 50.4 Å². The van der Waals surface area contributed by atoms with E-state index >= 15 is 0 Å². The lowest BCUT2D eigenvalue weighted by Gasteiger charge is -2.11. The van der Waals surface area contributed by atoms with E-state index in [-0.39, 0.29) is 6.04 Å². The molecule has 0 aliphatic heterocycles. The van der Waals surface area contributed by atoms with Crippen LogP contribution in [0.25, 0.3) is 0 Å². The van der Waals surface area contributed by atoms with Gasteiger partial charge in [0.25, 0.3) is 0 Å². The molecule has 0 aromatic carbocycles. The summed E-state index contributed by atoms with van der Waals surface area (Å²) >= 11 is 1.58. The van der Waals surface area contributed by atoms with Gasteiger partial charge >= 0.3 is 0 Å². The summed E-state index contributed by atoms with van der Waals surface area (Å²) in [5, 5.41) is 16.2. The van der Waals surface area contributed by atoms with E-state index < -0.39 is 0 Å². The van der Waals surface area contributed by atoms with E-state index in [1.165, 1.54) is 25.7 Å². The zero-order chi connectivity index (χ0) is 14.7. The monoisotopic (exact) mass is 304 g/mol. The Bertz CT molecular complexity index is 575. The van der Waals surface area contributed by atoms with Crippen molar-refractivity contribution in [3.8, 4) is 0 Å². The Balaban J connectivity index is 1.73. The number of pyridine rings is 1. The second kappa shape index (κ2) is 6.53. The first-order valence-electron chi connectivity index (χ1n) is 7.37. The van der Waals surface area contributed by atoms with E-state index in [2.05, 4.69) is 38.8 Å². The molecule has 1 unspecified atom stereocenters. The van der Waals surface area contributed by atoms with Crippen molar-refractivity contribution in [2.24, 2.45) is 0 Å². The summed E-state index contributed by atoms with van der Waals surface area (Å²) in [4.78, 5) is 5.56. The molecule has 1 aliphatic rings. The minimum Gasteiger partial charge on any atom is -0.312 e. The van der Waals surface area contributed by atoms with E-state index in [0.717, 1.165) is 15.7 Å². The van der Waals surface area contributed by atoms with Gasteiger partial charge in [-0.25, -0.2) is 4.68 Å². The fourth-order valence-corrected chi connectivity index (χ4v) is 3.40. The number of rotatable bonds is 5. The molecule has 112 valence electrons. The van der Waals surface area contributed by atoms with E-state index in [4.69, 9.17) is 0 Å². The predicted molar refractivity (Wildman–Crippen MR) is 81.2 cm³/mol. The molecular weight excluding hydrogens is 284 g/mol. The van der Waals surface area contributed by atoms with Gasteiger partial charge in [0.05, 0.1) is 11.7 Å². The molecule has 1 aliphatic carbocycles. The molecule has 1 saturated carbocycles. The second-order valence-electron chi connectivity index (χ2n) is 5.38. The van der Waals surface area contributed by atoms with Crippen molar-refractivity contribution in [3.05, 3.63) is 24.0 Å². The van der Waals surface area contributed by atoms with E-state index in [1.54, 1.807) is 11.8 Å². The van der Waals surface area contributed by atoms with Gasteiger partial charge in [-0.05, 0) is 61.1 Å². The Hall–Kier alpha value is -1.47. The summed E-state index contributed by atoms with van der Waals surface area (Å²) in [5.41, 5.74) is 1.04. The first-order chi connectivity index (χ1) is 10.3. The number of hydrogen-bond donors (Lipinski definition) is 1. The Morgan fingerprint density at radius 2 is 2.14 bits per heavy atom. The maximum Gasteiger partial charge on any atom is 0.214 e. The van der Waals surface area contributed by atoms with Crippen molar-refractivity contribution in [2.75, 3.05) is 7.05 Å². The highest BCUT2D eigenvalue weighted by atomic mass is 32.2. The summed E-state index contributed by atoms with van der Waals surface area (Å²) in [6.45, 7) is 2.09. The molecule has 0 spiro atoms. The molecule has 0 bridgehead atoms. The van der Waals surface area contributed by atoms with E-state index in [0.29, 0.717) is 6.04 Å². The van der Waals surface area contributed by atoms with Crippen LogP contribution in [0.2, 0.25) is 0 Å². The molecule has 2 aromatic rings. The smallest absolute Gasteiger partial charge is 0.214 e. The third kappa shape index (κ3) is 3.24. The van der Waals surface area contributed by atoms with Gasteiger partial charge in [-0.15, -0.1) is 5.10 Å². The quantitative estimate of drug-likeness (QED) is 0.916. The molecule has 1 fully saturated rings. The number of hydrogen-bond acceptors (Lipinski definition) is 6. The van der Waals surface area contributed by atoms with Crippen LogP contribution in [0.3, 0.4) is 0 Å². The fourth-order valence-electron chi connectivity index (χ4n) is 2.59. The molecule has 0 radical (unpaired) electrons.